The molecule has 1 atom stereocenters. The first-order valence-electron chi connectivity index (χ1n) is 4.42. The highest BCUT2D eigenvalue weighted by molar-refractivity contribution is 6.36. The molecule has 0 spiro atoms. The molecule has 2 N–H and O–H groups in total. The highest BCUT2D eigenvalue weighted by Gasteiger charge is 2.17. The van der Waals surface area contributed by atoms with E-state index in [9.17, 15) is 4.79 Å². The summed E-state index contributed by atoms with van der Waals surface area (Å²) in [7, 11) is 0. The second-order valence-electron chi connectivity index (χ2n) is 3.12. The Morgan fingerprint density at radius 1 is 1.53 bits per heavy atom. The Labute approximate surface area is 98.7 Å². The van der Waals surface area contributed by atoms with Gasteiger partial charge in [0.2, 0.25) is 0 Å². The van der Waals surface area contributed by atoms with E-state index in [0.29, 0.717) is 22.0 Å². The van der Waals surface area contributed by atoms with Crippen molar-refractivity contribution in [2.24, 2.45) is 5.73 Å². The van der Waals surface area contributed by atoms with Crippen LogP contribution in [0.4, 0.5) is 0 Å². The summed E-state index contributed by atoms with van der Waals surface area (Å²) < 4.78 is 0. The van der Waals surface area contributed by atoms with Crippen LogP contribution >= 0.6 is 23.2 Å². The smallest absolute Gasteiger partial charge is 0.181 e. The van der Waals surface area contributed by atoms with Crippen molar-refractivity contribution in [3.8, 4) is 0 Å². The molecule has 0 aliphatic carbocycles. The van der Waals surface area contributed by atoms with E-state index in [2.05, 4.69) is 6.58 Å². The predicted molar refractivity (Wildman–Crippen MR) is 63.6 cm³/mol. The number of nitrogens with two attached hydrogens (primary N) is 1. The molecule has 80 valence electrons. The fourth-order valence-electron chi connectivity index (χ4n) is 1.17. The third kappa shape index (κ3) is 3.06. The first-order valence-corrected chi connectivity index (χ1v) is 5.17. The highest BCUT2D eigenvalue weighted by atomic mass is 35.5. The zero-order valence-corrected chi connectivity index (χ0v) is 9.55. The van der Waals surface area contributed by atoms with Gasteiger partial charge in [-0.15, -0.1) is 6.58 Å². The van der Waals surface area contributed by atoms with E-state index in [-0.39, 0.29) is 5.78 Å². The van der Waals surface area contributed by atoms with Gasteiger partial charge in [0.25, 0.3) is 0 Å². The molecule has 1 unspecified atom stereocenters. The van der Waals surface area contributed by atoms with Gasteiger partial charge in [-0.25, -0.2) is 0 Å². The van der Waals surface area contributed by atoms with Crippen molar-refractivity contribution >= 4 is 29.0 Å². The Balaban J connectivity index is 2.99. The van der Waals surface area contributed by atoms with Gasteiger partial charge in [0.1, 0.15) is 0 Å². The molecule has 0 aliphatic rings. The Bertz CT molecular complexity index is 390. The second kappa shape index (κ2) is 5.31. The van der Waals surface area contributed by atoms with E-state index in [0.717, 1.165) is 0 Å². The standard InChI is InChI=1S/C11H11Cl2NO/c1-2-3-10(14)11(15)8-6-7(12)4-5-9(8)13/h2,4-6,10H,1,3,14H2. The zero-order valence-electron chi connectivity index (χ0n) is 8.04. The van der Waals surface area contributed by atoms with Gasteiger partial charge >= 0.3 is 0 Å². The molecule has 0 saturated carbocycles. The summed E-state index contributed by atoms with van der Waals surface area (Å²) in [5.41, 5.74) is 6.02. The van der Waals surface area contributed by atoms with Crippen LogP contribution in [0.15, 0.2) is 30.9 Å². The number of rotatable bonds is 4. The molecule has 1 aromatic rings. The van der Waals surface area contributed by atoms with Crippen LogP contribution in [-0.4, -0.2) is 11.8 Å². The highest BCUT2D eigenvalue weighted by Crippen LogP contribution is 2.22. The van der Waals surface area contributed by atoms with Gasteiger partial charge < -0.3 is 5.73 Å². The molecule has 0 bridgehead atoms. The van der Waals surface area contributed by atoms with Crippen LogP contribution in [0, 0.1) is 0 Å². The van der Waals surface area contributed by atoms with Crippen LogP contribution in [0.25, 0.3) is 0 Å². The molecule has 0 saturated heterocycles. The van der Waals surface area contributed by atoms with E-state index in [1.165, 1.54) is 6.07 Å². The van der Waals surface area contributed by atoms with E-state index in [4.69, 9.17) is 28.9 Å². The SMILES string of the molecule is C=CCC(N)C(=O)c1cc(Cl)ccc1Cl. The molecule has 0 aliphatic heterocycles. The summed E-state index contributed by atoms with van der Waals surface area (Å²) in [5, 5.41) is 0.831. The molecule has 0 amide bonds. The molecular formula is C11H11Cl2NO. The third-order valence-electron chi connectivity index (χ3n) is 1.95. The van der Waals surface area contributed by atoms with Crippen LogP contribution in [0.2, 0.25) is 10.0 Å². The molecule has 2 nitrogen and oxygen atoms in total. The average Bonchev–Trinajstić information content (AvgIpc) is 2.21. The molecule has 0 radical (unpaired) electrons. The molecular weight excluding hydrogens is 233 g/mol. The van der Waals surface area contributed by atoms with Crippen molar-refractivity contribution in [3.63, 3.8) is 0 Å². The third-order valence-corrected chi connectivity index (χ3v) is 2.52. The number of ketones is 1. The molecule has 0 fully saturated rings. The molecule has 4 heteroatoms. The molecule has 0 heterocycles. The number of hydrogen-bond donors (Lipinski definition) is 1. The van der Waals surface area contributed by atoms with Gasteiger partial charge in [-0.05, 0) is 24.6 Å². The van der Waals surface area contributed by atoms with E-state index < -0.39 is 6.04 Å². The number of halogens is 2. The van der Waals surface area contributed by atoms with Gasteiger partial charge in [-0.2, -0.15) is 0 Å². The Morgan fingerprint density at radius 3 is 2.80 bits per heavy atom. The lowest BCUT2D eigenvalue weighted by Crippen LogP contribution is -2.30. The van der Waals surface area contributed by atoms with Crippen LogP contribution in [0.3, 0.4) is 0 Å². The summed E-state index contributed by atoms with van der Waals surface area (Å²) in [6, 6.07) is 4.12. The maximum Gasteiger partial charge on any atom is 0.181 e. The van der Waals surface area contributed by atoms with Crippen molar-refractivity contribution in [2.45, 2.75) is 12.5 Å². The summed E-state index contributed by atoms with van der Waals surface area (Å²) in [5.74, 6) is -0.220. The number of carbonyl (C=O) groups is 1. The minimum Gasteiger partial charge on any atom is -0.321 e. The minimum atomic E-state index is -0.613. The number of carbonyl (C=O) groups excluding carboxylic acids is 1. The van der Waals surface area contributed by atoms with Gasteiger partial charge in [0.15, 0.2) is 5.78 Å². The van der Waals surface area contributed by atoms with Crippen LogP contribution in [0.1, 0.15) is 16.8 Å². The van der Waals surface area contributed by atoms with Crippen molar-refractivity contribution in [1.29, 1.82) is 0 Å². The van der Waals surface area contributed by atoms with Crippen molar-refractivity contribution in [2.75, 3.05) is 0 Å². The van der Waals surface area contributed by atoms with Gasteiger partial charge in [0.05, 0.1) is 11.1 Å². The van der Waals surface area contributed by atoms with E-state index in [1.807, 2.05) is 0 Å². The largest absolute Gasteiger partial charge is 0.321 e. The van der Waals surface area contributed by atoms with Gasteiger partial charge in [-0.1, -0.05) is 29.3 Å². The van der Waals surface area contributed by atoms with E-state index >= 15 is 0 Å². The Kier molecular flexibility index (Phi) is 4.33. The van der Waals surface area contributed by atoms with Crippen LogP contribution in [-0.2, 0) is 0 Å². The van der Waals surface area contributed by atoms with E-state index in [1.54, 1.807) is 18.2 Å². The Hall–Kier alpha value is -0.830. The second-order valence-corrected chi connectivity index (χ2v) is 3.96. The van der Waals surface area contributed by atoms with Gasteiger partial charge in [0, 0.05) is 10.6 Å². The Morgan fingerprint density at radius 2 is 2.20 bits per heavy atom. The molecule has 1 rings (SSSR count). The van der Waals surface area contributed by atoms with Crippen molar-refractivity contribution in [1.82, 2.24) is 0 Å². The normalized spacial score (nSPS) is 12.2. The monoisotopic (exact) mass is 243 g/mol. The summed E-state index contributed by atoms with van der Waals surface area (Å²) in [6.45, 7) is 3.53. The lowest BCUT2D eigenvalue weighted by molar-refractivity contribution is 0.0962. The summed E-state index contributed by atoms with van der Waals surface area (Å²) >= 11 is 11.6. The summed E-state index contributed by atoms with van der Waals surface area (Å²) in [4.78, 5) is 11.8. The lowest BCUT2D eigenvalue weighted by Gasteiger charge is -2.09. The molecule has 0 aromatic heterocycles. The lowest BCUT2D eigenvalue weighted by atomic mass is 10.0. The van der Waals surface area contributed by atoms with Crippen molar-refractivity contribution in [3.05, 3.63) is 46.5 Å². The van der Waals surface area contributed by atoms with Crippen LogP contribution < -0.4 is 5.73 Å². The summed E-state index contributed by atoms with van der Waals surface area (Å²) in [6.07, 6.45) is 2.02. The number of Topliss-reactive ketones (excluding diaryl/α,β-unsaturated/α-hetero) is 1. The minimum absolute atomic E-state index is 0.220. The first kappa shape index (κ1) is 12.2. The fraction of sp³-hybridized carbons (Fsp3) is 0.182. The maximum absolute atomic E-state index is 11.8. The quantitative estimate of drug-likeness (QED) is 0.653. The average molecular weight is 244 g/mol. The fourth-order valence-corrected chi connectivity index (χ4v) is 1.56. The van der Waals surface area contributed by atoms with Crippen molar-refractivity contribution < 1.29 is 4.79 Å². The zero-order chi connectivity index (χ0) is 11.4. The number of benzene rings is 1. The number of hydrogen-bond acceptors (Lipinski definition) is 2. The molecule has 1 aromatic carbocycles. The molecule has 15 heavy (non-hydrogen) atoms. The van der Waals surface area contributed by atoms with Gasteiger partial charge in [-0.3, -0.25) is 4.79 Å². The first-order chi connectivity index (χ1) is 7.06. The van der Waals surface area contributed by atoms with Crippen LogP contribution in [0.5, 0.6) is 0 Å². The topological polar surface area (TPSA) is 43.1 Å². The maximum atomic E-state index is 11.8. The predicted octanol–water partition coefficient (Wildman–Crippen LogP) is 3.08.